The molecule has 3 atom stereocenters. The summed E-state index contributed by atoms with van der Waals surface area (Å²) in [7, 11) is 0. The maximum atomic E-state index is 10.2. The van der Waals surface area contributed by atoms with Crippen molar-refractivity contribution in [3.63, 3.8) is 0 Å². The summed E-state index contributed by atoms with van der Waals surface area (Å²) in [5.74, 6) is 1.31. The highest BCUT2D eigenvalue weighted by molar-refractivity contribution is 14.1. The van der Waals surface area contributed by atoms with Gasteiger partial charge in [0.2, 0.25) is 0 Å². The van der Waals surface area contributed by atoms with Crippen LogP contribution in [0.4, 0.5) is 0 Å². The van der Waals surface area contributed by atoms with Crippen molar-refractivity contribution in [2.45, 2.75) is 51.6 Å². The number of rotatable bonds is 4. The lowest BCUT2D eigenvalue weighted by Crippen LogP contribution is -2.30. The van der Waals surface area contributed by atoms with Gasteiger partial charge >= 0.3 is 0 Å². The average molecular weight is 358 g/mol. The SMILES string of the molecule is CCCC1CCC(O)C(Cc2ccc(I)cc2)C1. The zero-order valence-electron chi connectivity index (χ0n) is 11.1. The van der Waals surface area contributed by atoms with E-state index in [1.807, 2.05) is 0 Å². The third-order valence-corrected chi connectivity index (χ3v) is 4.88. The largest absolute Gasteiger partial charge is 0.393 e. The van der Waals surface area contributed by atoms with Crippen molar-refractivity contribution in [2.24, 2.45) is 11.8 Å². The van der Waals surface area contributed by atoms with Crippen LogP contribution in [0.15, 0.2) is 24.3 Å². The Labute approximate surface area is 124 Å². The number of halogens is 1. The molecule has 1 aliphatic rings. The third kappa shape index (κ3) is 3.95. The van der Waals surface area contributed by atoms with E-state index in [1.54, 1.807) is 0 Å². The number of hydrogen-bond donors (Lipinski definition) is 1. The third-order valence-electron chi connectivity index (χ3n) is 4.16. The highest BCUT2D eigenvalue weighted by Gasteiger charge is 2.28. The Balaban J connectivity index is 1.95. The smallest absolute Gasteiger partial charge is 0.0571 e. The van der Waals surface area contributed by atoms with Gasteiger partial charge < -0.3 is 5.11 Å². The predicted molar refractivity (Wildman–Crippen MR) is 84.6 cm³/mol. The zero-order chi connectivity index (χ0) is 13.0. The standard InChI is InChI=1S/C16H23IO/c1-2-3-12-6-9-16(18)14(10-12)11-13-4-7-15(17)8-5-13/h4-5,7-8,12,14,16,18H,2-3,6,9-11H2,1H3. The molecule has 1 fully saturated rings. The molecular weight excluding hydrogens is 335 g/mol. The first-order chi connectivity index (χ1) is 8.69. The Morgan fingerprint density at radius 1 is 1.22 bits per heavy atom. The molecule has 0 aromatic heterocycles. The minimum Gasteiger partial charge on any atom is -0.393 e. The van der Waals surface area contributed by atoms with Crippen LogP contribution in [0, 0.1) is 15.4 Å². The summed E-state index contributed by atoms with van der Waals surface area (Å²) in [5, 5.41) is 10.2. The van der Waals surface area contributed by atoms with E-state index in [9.17, 15) is 5.11 Å². The van der Waals surface area contributed by atoms with Gasteiger partial charge in [-0.1, -0.05) is 31.9 Å². The molecule has 0 spiro atoms. The molecule has 0 saturated heterocycles. The van der Waals surface area contributed by atoms with E-state index in [4.69, 9.17) is 0 Å². The average Bonchev–Trinajstić information content (AvgIpc) is 2.36. The van der Waals surface area contributed by atoms with Gasteiger partial charge in [-0.2, -0.15) is 0 Å². The van der Waals surface area contributed by atoms with Crippen LogP contribution in [-0.4, -0.2) is 11.2 Å². The lowest BCUT2D eigenvalue weighted by atomic mass is 9.75. The van der Waals surface area contributed by atoms with Crippen LogP contribution in [-0.2, 0) is 6.42 Å². The number of hydrogen-bond acceptors (Lipinski definition) is 1. The van der Waals surface area contributed by atoms with Crippen LogP contribution in [0.25, 0.3) is 0 Å². The van der Waals surface area contributed by atoms with Crippen molar-refractivity contribution < 1.29 is 5.11 Å². The number of aliphatic hydroxyl groups excluding tert-OH is 1. The molecule has 0 radical (unpaired) electrons. The first-order valence-corrected chi connectivity index (χ1v) is 8.19. The molecule has 1 aromatic rings. The zero-order valence-corrected chi connectivity index (χ0v) is 13.3. The lowest BCUT2D eigenvalue weighted by molar-refractivity contribution is 0.0463. The maximum Gasteiger partial charge on any atom is 0.0571 e. The Morgan fingerprint density at radius 3 is 2.61 bits per heavy atom. The van der Waals surface area contributed by atoms with Crippen molar-refractivity contribution >= 4 is 22.6 Å². The van der Waals surface area contributed by atoms with Crippen molar-refractivity contribution in [3.8, 4) is 0 Å². The van der Waals surface area contributed by atoms with Crippen LogP contribution in [0.2, 0.25) is 0 Å². The fourth-order valence-electron chi connectivity index (χ4n) is 3.16. The molecule has 1 saturated carbocycles. The fourth-order valence-corrected chi connectivity index (χ4v) is 3.52. The minimum absolute atomic E-state index is 0.0858. The molecule has 1 nitrogen and oxygen atoms in total. The van der Waals surface area contributed by atoms with Gasteiger partial charge in [0.1, 0.15) is 0 Å². The van der Waals surface area contributed by atoms with Crippen molar-refractivity contribution in [1.29, 1.82) is 0 Å². The van der Waals surface area contributed by atoms with E-state index in [2.05, 4.69) is 53.8 Å². The summed E-state index contributed by atoms with van der Waals surface area (Å²) in [6.07, 6.45) is 6.99. The van der Waals surface area contributed by atoms with Gasteiger partial charge in [0.15, 0.2) is 0 Å². The normalized spacial score (nSPS) is 28.3. The molecular formula is C16H23IO. The Bertz CT molecular complexity index is 360. The van der Waals surface area contributed by atoms with Gasteiger partial charge in [-0.05, 0) is 77.8 Å². The van der Waals surface area contributed by atoms with E-state index >= 15 is 0 Å². The molecule has 1 aliphatic carbocycles. The number of benzene rings is 1. The molecule has 0 aliphatic heterocycles. The Hall–Kier alpha value is -0.0900. The van der Waals surface area contributed by atoms with Crippen molar-refractivity contribution in [3.05, 3.63) is 33.4 Å². The quantitative estimate of drug-likeness (QED) is 0.791. The van der Waals surface area contributed by atoms with Gasteiger partial charge in [-0.3, -0.25) is 0 Å². The summed E-state index contributed by atoms with van der Waals surface area (Å²) < 4.78 is 1.28. The van der Waals surface area contributed by atoms with E-state index in [1.165, 1.54) is 34.8 Å². The molecule has 0 heterocycles. The maximum absolute atomic E-state index is 10.2. The van der Waals surface area contributed by atoms with Crippen LogP contribution < -0.4 is 0 Å². The first kappa shape index (κ1) is 14.3. The summed E-state index contributed by atoms with van der Waals surface area (Å²) in [6, 6.07) is 8.74. The van der Waals surface area contributed by atoms with E-state index in [-0.39, 0.29) is 6.10 Å². The van der Waals surface area contributed by atoms with Gasteiger partial charge in [-0.15, -0.1) is 0 Å². The van der Waals surface area contributed by atoms with E-state index in [0.29, 0.717) is 5.92 Å². The molecule has 1 N–H and O–H groups in total. The summed E-state index contributed by atoms with van der Waals surface area (Å²) >= 11 is 2.34. The second-order valence-electron chi connectivity index (χ2n) is 5.63. The Morgan fingerprint density at radius 2 is 1.94 bits per heavy atom. The second-order valence-corrected chi connectivity index (χ2v) is 6.87. The fraction of sp³-hybridized carbons (Fsp3) is 0.625. The highest BCUT2D eigenvalue weighted by atomic mass is 127. The van der Waals surface area contributed by atoms with E-state index in [0.717, 1.165) is 18.8 Å². The van der Waals surface area contributed by atoms with Crippen molar-refractivity contribution in [2.75, 3.05) is 0 Å². The van der Waals surface area contributed by atoms with Crippen LogP contribution in [0.1, 0.15) is 44.6 Å². The molecule has 2 heteroatoms. The summed E-state index contributed by atoms with van der Waals surface area (Å²) in [6.45, 7) is 2.26. The predicted octanol–water partition coefficient (Wildman–Crippen LogP) is 4.41. The highest BCUT2D eigenvalue weighted by Crippen LogP contribution is 2.34. The Kier molecular flexibility index (Phi) is 5.49. The second kappa shape index (κ2) is 6.90. The first-order valence-electron chi connectivity index (χ1n) is 7.11. The molecule has 2 rings (SSSR count). The molecule has 1 aromatic carbocycles. The van der Waals surface area contributed by atoms with Crippen molar-refractivity contribution in [1.82, 2.24) is 0 Å². The minimum atomic E-state index is -0.0858. The van der Waals surface area contributed by atoms with Gasteiger partial charge in [-0.25, -0.2) is 0 Å². The molecule has 100 valence electrons. The van der Waals surface area contributed by atoms with Crippen LogP contribution in [0.5, 0.6) is 0 Å². The summed E-state index contributed by atoms with van der Waals surface area (Å²) in [5.41, 5.74) is 1.37. The van der Waals surface area contributed by atoms with Gasteiger partial charge in [0.25, 0.3) is 0 Å². The molecule has 18 heavy (non-hydrogen) atoms. The topological polar surface area (TPSA) is 20.2 Å². The monoisotopic (exact) mass is 358 g/mol. The lowest BCUT2D eigenvalue weighted by Gasteiger charge is -2.33. The van der Waals surface area contributed by atoms with Gasteiger partial charge in [0.05, 0.1) is 6.10 Å². The van der Waals surface area contributed by atoms with Gasteiger partial charge in [0, 0.05) is 3.57 Å². The number of aliphatic hydroxyl groups is 1. The van der Waals surface area contributed by atoms with Crippen LogP contribution in [0.3, 0.4) is 0 Å². The molecule has 0 bridgehead atoms. The van der Waals surface area contributed by atoms with E-state index < -0.39 is 0 Å². The van der Waals surface area contributed by atoms with Crippen LogP contribution >= 0.6 is 22.6 Å². The molecule has 3 unspecified atom stereocenters. The molecule has 0 amide bonds. The summed E-state index contributed by atoms with van der Waals surface area (Å²) in [4.78, 5) is 0.